The van der Waals surface area contributed by atoms with Crippen molar-refractivity contribution in [1.82, 2.24) is 0 Å². The van der Waals surface area contributed by atoms with E-state index in [0.29, 0.717) is 0 Å². The first kappa shape index (κ1) is 8.98. The third-order valence-corrected chi connectivity index (χ3v) is 1.56. The van der Waals surface area contributed by atoms with E-state index in [1.165, 1.54) is 0 Å². The highest BCUT2D eigenvalue weighted by atomic mass is 79.9. The Morgan fingerprint density at radius 3 is 2.00 bits per heavy atom. The Labute approximate surface area is 70.0 Å². The third-order valence-electron chi connectivity index (χ3n) is 0.899. The fraction of sp³-hybridized carbons (Fsp3) is 0.167. The molecule has 3 heteroatoms. The largest absolute Gasteiger partial charge is 1.00 e. The summed E-state index contributed by atoms with van der Waals surface area (Å²) in [5.41, 5.74) is 0. The van der Waals surface area contributed by atoms with Crippen molar-refractivity contribution in [3.05, 3.63) is 30.6 Å². The molecule has 1 rings (SSSR count). The van der Waals surface area contributed by atoms with Crippen molar-refractivity contribution < 1.29 is 21.0 Å². The molecule has 0 aliphatic rings. The minimum atomic E-state index is 0. The Bertz CT molecular complexity index is 154. The van der Waals surface area contributed by atoms with Gasteiger partial charge in [0.15, 0.2) is 24.3 Å². The van der Waals surface area contributed by atoms with E-state index in [0.717, 1.165) is 0 Å². The van der Waals surface area contributed by atoms with Gasteiger partial charge in [0.25, 0.3) is 0 Å². The van der Waals surface area contributed by atoms with Gasteiger partial charge in [-0.3, -0.25) is 0 Å². The molecule has 0 bridgehead atoms. The van der Waals surface area contributed by atoms with E-state index >= 15 is 0 Å². The van der Waals surface area contributed by atoms with Crippen LogP contribution in [0.25, 0.3) is 0 Å². The summed E-state index contributed by atoms with van der Waals surface area (Å²) in [4.78, 5) is 0. The van der Waals surface area contributed by atoms with Crippen LogP contribution in [0, 0.1) is 0 Å². The molecule has 0 spiro atoms. The summed E-state index contributed by atoms with van der Waals surface area (Å²) in [7, 11) is 0. The molecule has 1 aromatic heterocycles. The predicted octanol–water partition coefficient (Wildman–Crippen LogP) is -1.90. The van der Waals surface area contributed by atoms with Crippen LogP contribution < -0.4 is 21.0 Å². The molecule has 0 fully saturated rings. The summed E-state index contributed by atoms with van der Waals surface area (Å²) < 4.78 is 2.04. The maximum atomic E-state index is 2.04. The van der Waals surface area contributed by atoms with Crippen molar-refractivity contribution in [2.45, 2.75) is 0 Å². The second-order valence-corrected chi connectivity index (χ2v) is 2.20. The van der Waals surface area contributed by atoms with Crippen molar-refractivity contribution in [3.63, 3.8) is 0 Å². The van der Waals surface area contributed by atoms with Gasteiger partial charge in [0.1, 0.15) is 0 Å². The zero-order valence-corrected chi connectivity index (χ0v) is 7.52. The predicted molar refractivity (Wildman–Crippen MR) is 35.6 cm³/mol. The maximum absolute atomic E-state index is 2.04. The second-order valence-electron chi connectivity index (χ2n) is 1.42. The first-order valence-corrected chi connectivity index (χ1v) is 3.62. The average molecular weight is 206 g/mol. The van der Waals surface area contributed by atoms with Gasteiger partial charge in [0.05, 0.1) is 0 Å². The van der Waals surface area contributed by atoms with Gasteiger partial charge >= 0.3 is 0 Å². The fourth-order valence-electron chi connectivity index (χ4n) is 0.505. The molecule has 0 saturated heterocycles. The number of rotatable bonds is 1. The number of hydrogen-bond acceptors (Lipinski definition) is 1. The van der Waals surface area contributed by atoms with E-state index in [1.807, 2.05) is 40.8 Å². The lowest BCUT2D eigenvalue weighted by Gasteiger charge is -1.81. The molecule has 0 aliphatic carbocycles. The Kier molecular flexibility index (Phi) is 4.81. The van der Waals surface area contributed by atoms with E-state index in [1.54, 1.807) is 11.9 Å². The lowest BCUT2D eigenvalue weighted by Crippen LogP contribution is -3.00. The highest BCUT2D eigenvalue weighted by molar-refractivity contribution is 7.92. The summed E-state index contributed by atoms with van der Waals surface area (Å²) in [6, 6.07) is 6.03. The van der Waals surface area contributed by atoms with Crippen molar-refractivity contribution in [3.8, 4) is 0 Å². The average Bonchev–Trinajstić information content (AvgIpc) is 1.90. The summed E-state index contributed by atoms with van der Waals surface area (Å²) >= 11 is 1.69. The minimum absolute atomic E-state index is 0. The molecule has 0 radical (unpaired) electrons. The number of hydrogen-bond donors (Lipinski definition) is 0. The van der Waals surface area contributed by atoms with Crippen LogP contribution in [-0.2, 0) is 0 Å². The first-order chi connectivity index (χ1) is 3.93. The van der Waals surface area contributed by atoms with Crippen LogP contribution in [-0.4, -0.2) is 6.26 Å². The van der Waals surface area contributed by atoms with Crippen LogP contribution in [0.3, 0.4) is 0 Å². The van der Waals surface area contributed by atoms with Gasteiger partial charge in [-0.15, -0.1) is 3.97 Å². The Hall–Kier alpha value is -0.0200. The lowest BCUT2D eigenvalue weighted by molar-refractivity contribution is -0.493. The molecule has 1 aromatic rings. The molecule has 0 atom stereocenters. The topological polar surface area (TPSA) is 3.88 Å². The first-order valence-electron chi connectivity index (χ1n) is 2.44. The lowest BCUT2D eigenvalue weighted by atomic mass is 10.5. The van der Waals surface area contributed by atoms with Gasteiger partial charge in [-0.1, -0.05) is 6.07 Å². The molecule has 0 unspecified atom stereocenters. The molecule has 0 amide bonds. The van der Waals surface area contributed by atoms with Crippen molar-refractivity contribution in [1.29, 1.82) is 0 Å². The normalized spacial score (nSPS) is 8.11. The highest BCUT2D eigenvalue weighted by Crippen LogP contribution is 1.83. The quantitative estimate of drug-likeness (QED) is 0.486. The van der Waals surface area contributed by atoms with Crippen molar-refractivity contribution >= 4 is 11.9 Å². The summed E-state index contributed by atoms with van der Waals surface area (Å²) in [6.45, 7) is 0. The summed E-state index contributed by atoms with van der Waals surface area (Å²) in [5.74, 6) is 0. The maximum Gasteiger partial charge on any atom is 0.183 e. The second kappa shape index (κ2) is 4.82. The molecule has 0 aromatic carbocycles. The molecule has 50 valence electrons. The van der Waals surface area contributed by atoms with E-state index in [9.17, 15) is 0 Å². The highest BCUT2D eigenvalue weighted by Gasteiger charge is 1.89. The minimum Gasteiger partial charge on any atom is -1.00 e. The van der Waals surface area contributed by atoms with Crippen LogP contribution in [0.15, 0.2) is 30.6 Å². The van der Waals surface area contributed by atoms with Crippen molar-refractivity contribution in [2.24, 2.45) is 0 Å². The van der Waals surface area contributed by atoms with Gasteiger partial charge in [-0.25, -0.2) is 0 Å². The Morgan fingerprint density at radius 1 is 1.11 bits per heavy atom. The van der Waals surface area contributed by atoms with E-state index in [4.69, 9.17) is 0 Å². The summed E-state index contributed by atoms with van der Waals surface area (Å²) in [6.07, 6.45) is 6.08. The molecule has 9 heavy (non-hydrogen) atoms. The SMILES string of the molecule is CS[n+]1ccccc1.[Br-]. The van der Waals surface area contributed by atoms with E-state index in [-0.39, 0.29) is 17.0 Å². The third kappa shape index (κ3) is 2.87. The number of aromatic nitrogens is 1. The summed E-state index contributed by atoms with van der Waals surface area (Å²) in [5, 5.41) is 0. The fourth-order valence-corrected chi connectivity index (χ4v) is 0.889. The zero-order valence-electron chi connectivity index (χ0n) is 5.12. The molecule has 0 N–H and O–H groups in total. The van der Waals surface area contributed by atoms with E-state index in [2.05, 4.69) is 0 Å². The van der Waals surface area contributed by atoms with E-state index < -0.39 is 0 Å². The smallest absolute Gasteiger partial charge is 0.183 e. The van der Waals surface area contributed by atoms with Crippen LogP contribution in [0.5, 0.6) is 0 Å². The molecular formula is C6H8BrNS. The van der Waals surface area contributed by atoms with Gasteiger partial charge in [0.2, 0.25) is 0 Å². The number of halogens is 1. The molecule has 1 nitrogen and oxygen atoms in total. The standard InChI is InChI=1S/C6H8NS.BrH/c1-8-7-5-3-2-4-6-7;/h2-6H,1H3;1H/q+1;/p-1. The van der Waals surface area contributed by atoms with Crippen LogP contribution in [0.1, 0.15) is 0 Å². The van der Waals surface area contributed by atoms with Crippen LogP contribution in [0.2, 0.25) is 0 Å². The molecule has 0 aliphatic heterocycles. The van der Waals surface area contributed by atoms with Crippen molar-refractivity contribution in [2.75, 3.05) is 6.26 Å². The van der Waals surface area contributed by atoms with Gasteiger partial charge in [-0.05, 0) is 0 Å². The monoisotopic (exact) mass is 205 g/mol. The van der Waals surface area contributed by atoms with Gasteiger partial charge < -0.3 is 17.0 Å². The van der Waals surface area contributed by atoms with Gasteiger partial charge in [-0.2, -0.15) is 0 Å². The molecule has 1 heterocycles. The van der Waals surface area contributed by atoms with Crippen LogP contribution >= 0.6 is 11.9 Å². The van der Waals surface area contributed by atoms with Crippen LogP contribution in [0.4, 0.5) is 0 Å². The number of nitrogens with zero attached hydrogens (tertiary/aromatic N) is 1. The molecule has 0 saturated carbocycles. The number of pyridine rings is 1. The Balaban J connectivity index is 0.000000640. The molecular weight excluding hydrogens is 198 g/mol. The Morgan fingerprint density at radius 2 is 1.67 bits per heavy atom. The van der Waals surface area contributed by atoms with Gasteiger partial charge in [0, 0.05) is 18.4 Å². The zero-order chi connectivity index (χ0) is 5.82.